The van der Waals surface area contributed by atoms with Gasteiger partial charge in [0.25, 0.3) is 0 Å². The summed E-state index contributed by atoms with van der Waals surface area (Å²) in [5.41, 5.74) is 1.27. The van der Waals surface area contributed by atoms with E-state index in [1.807, 2.05) is 6.92 Å². The van der Waals surface area contributed by atoms with Crippen molar-refractivity contribution in [1.82, 2.24) is 0 Å². The third-order valence-electron chi connectivity index (χ3n) is 1.70. The van der Waals surface area contributed by atoms with Crippen LogP contribution in [0.2, 0.25) is 0 Å². The van der Waals surface area contributed by atoms with Crippen LogP contribution in [0.15, 0.2) is 12.2 Å². The summed E-state index contributed by atoms with van der Waals surface area (Å²) in [5, 5.41) is 0. The minimum Gasteiger partial charge on any atom is -0.120 e. The Bertz CT molecular complexity index is 144. The topological polar surface area (TPSA) is 0 Å². The fraction of sp³-hybridized carbons (Fsp3) is 0.556. The molecule has 0 bridgehead atoms. The van der Waals surface area contributed by atoms with Crippen molar-refractivity contribution in [2.45, 2.75) is 27.2 Å². The number of allylic oxidation sites excluding steroid dienone is 1. The van der Waals surface area contributed by atoms with Gasteiger partial charge < -0.3 is 0 Å². The standard InChI is InChI=1S/C9H14/c1-6-7-9(4,5)8(2)3/h1H,2,7H2,3-5H3. The normalized spacial score (nSPS) is 10.4. The lowest BCUT2D eigenvalue weighted by Gasteiger charge is -2.21. The van der Waals surface area contributed by atoms with Gasteiger partial charge in [-0.25, -0.2) is 0 Å². The minimum absolute atomic E-state index is 0.120. The van der Waals surface area contributed by atoms with Crippen LogP contribution in [0.25, 0.3) is 0 Å². The molecule has 0 heteroatoms. The smallest absolute Gasteiger partial charge is 0.0174 e. The van der Waals surface area contributed by atoms with E-state index < -0.39 is 0 Å². The molecule has 0 radical (unpaired) electrons. The summed E-state index contributed by atoms with van der Waals surface area (Å²) in [4.78, 5) is 0. The van der Waals surface area contributed by atoms with Crippen LogP contribution < -0.4 is 0 Å². The van der Waals surface area contributed by atoms with E-state index in [4.69, 9.17) is 6.42 Å². The summed E-state index contributed by atoms with van der Waals surface area (Å²) in [6, 6.07) is 0. The van der Waals surface area contributed by atoms with Gasteiger partial charge in [-0.05, 0) is 12.3 Å². The zero-order valence-electron chi connectivity index (χ0n) is 6.49. The van der Waals surface area contributed by atoms with Gasteiger partial charge in [-0.15, -0.1) is 12.3 Å². The van der Waals surface area contributed by atoms with Gasteiger partial charge in [0.2, 0.25) is 0 Å². The highest BCUT2D eigenvalue weighted by atomic mass is 14.2. The molecule has 50 valence electrons. The molecule has 0 nitrogen and oxygen atoms in total. The molecule has 0 amide bonds. The van der Waals surface area contributed by atoms with Crippen LogP contribution in [0.5, 0.6) is 0 Å². The average Bonchev–Trinajstić information content (AvgIpc) is 1.65. The average molecular weight is 122 g/mol. The van der Waals surface area contributed by atoms with E-state index in [0.717, 1.165) is 12.0 Å². The largest absolute Gasteiger partial charge is 0.120 e. The molecule has 0 aromatic heterocycles. The summed E-state index contributed by atoms with van der Waals surface area (Å²) in [6.45, 7) is 10.1. The first kappa shape index (κ1) is 8.30. The van der Waals surface area contributed by atoms with Crippen molar-refractivity contribution in [3.05, 3.63) is 12.2 Å². The van der Waals surface area contributed by atoms with Gasteiger partial charge >= 0.3 is 0 Å². The first-order valence-electron chi connectivity index (χ1n) is 3.10. The molecule has 0 saturated carbocycles. The lowest BCUT2D eigenvalue weighted by atomic mass is 9.83. The van der Waals surface area contributed by atoms with Crippen LogP contribution in [0.1, 0.15) is 27.2 Å². The van der Waals surface area contributed by atoms with Gasteiger partial charge in [0, 0.05) is 6.42 Å². The summed E-state index contributed by atoms with van der Waals surface area (Å²) in [7, 11) is 0. The second-order valence-corrected chi connectivity index (χ2v) is 3.05. The Hall–Kier alpha value is -0.700. The maximum Gasteiger partial charge on any atom is 0.0174 e. The molecule has 0 N–H and O–H groups in total. The van der Waals surface area contributed by atoms with Crippen molar-refractivity contribution in [1.29, 1.82) is 0 Å². The second kappa shape index (κ2) is 2.73. The molecule has 0 aromatic rings. The molecule has 9 heavy (non-hydrogen) atoms. The van der Waals surface area contributed by atoms with Crippen LogP contribution in [0, 0.1) is 17.8 Å². The lowest BCUT2D eigenvalue weighted by Crippen LogP contribution is -2.10. The molecule has 0 atom stereocenters. The van der Waals surface area contributed by atoms with E-state index in [9.17, 15) is 0 Å². The predicted octanol–water partition coefficient (Wildman–Crippen LogP) is 2.61. The van der Waals surface area contributed by atoms with Crippen molar-refractivity contribution in [2.75, 3.05) is 0 Å². The van der Waals surface area contributed by atoms with E-state index in [0.29, 0.717) is 0 Å². The zero-order chi connectivity index (χ0) is 7.49. The van der Waals surface area contributed by atoms with Crippen LogP contribution in [0.4, 0.5) is 0 Å². The molecule has 0 saturated heterocycles. The summed E-state index contributed by atoms with van der Waals surface area (Å²) in [6.07, 6.45) is 5.94. The van der Waals surface area contributed by atoms with E-state index in [1.165, 1.54) is 0 Å². The van der Waals surface area contributed by atoms with Gasteiger partial charge in [-0.1, -0.05) is 26.0 Å². The van der Waals surface area contributed by atoms with Crippen molar-refractivity contribution in [3.8, 4) is 12.3 Å². The highest BCUT2D eigenvalue weighted by Gasteiger charge is 2.15. The molecule has 0 aliphatic heterocycles. The first-order valence-corrected chi connectivity index (χ1v) is 3.10. The molecule has 0 heterocycles. The maximum atomic E-state index is 5.16. The summed E-state index contributed by atoms with van der Waals surface area (Å²) in [5.74, 6) is 2.63. The first-order chi connectivity index (χ1) is 4.00. The molecule has 0 fully saturated rings. The molecule has 0 aliphatic carbocycles. The van der Waals surface area contributed by atoms with Gasteiger partial charge in [0.1, 0.15) is 0 Å². The fourth-order valence-corrected chi connectivity index (χ4v) is 0.406. The van der Waals surface area contributed by atoms with Gasteiger partial charge in [-0.3, -0.25) is 0 Å². The number of terminal acetylenes is 1. The quantitative estimate of drug-likeness (QED) is 0.390. The molecule has 0 rings (SSSR count). The molecular formula is C9H14. The molecule has 0 aliphatic rings. The van der Waals surface area contributed by atoms with E-state index in [2.05, 4.69) is 26.3 Å². The Balaban J connectivity index is 4.06. The monoisotopic (exact) mass is 122 g/mol. The van der Waals surface area contributed by atoms with Crippen molar-refractivity contribution < 1.29 is 0 Å². The van der Waals surface area contributed by atoms with Crippen LogP contribution in [-0.2, 0) is 0 Å². The molecular weight excluding hydrogens is 108 g/mol. The summed E-state index contributed by atoms with van der Waals surface area (Å²) < 4.78 is 0. The molecule has 0 spiro atoms. The van der Waals surface area contributed by atoms with Crippen molar-refractivity contribution in [2.24, 2.45) is 5.41 Å². The minimum atomic E-state index is 0.120. The molecule has 0 aromatic carbocycles. The zero-order valence-corrected chi connectivity index (χ0v) is 6.49. The van der Waals surface area contributed by atoms with E-state index in [1.54, 1.807) is 0 Å². The van der Waals surface area contributed by atoms with Crippen molar-refractivity contribution >= 4 is 0 Å². The van der Waals surface area contributed by atoms with Gasteiger partial charge in [0.15, 0.2) is 0 Å². The number of hydrogen-bond acceptors (Lipinski definition) is 0. The van der Waals surface area contributed by atoms with E-state index in [-0.39, 0.29) is 5.41 Å². The summed E-state index contributed by atoms with van der Waals surface area (Å²) >= 11 is 0. The van der Waals surface area contributed by atoms with Crippen LogP contribution >= 0.6 is 0 Å². The Morgan fingerprint density at radius 3 is 2.22 bits per heavy atom. The SMILES string of the molecule is C#CCC(C)(C)C(=C)C. The number of rotatable bonds is 2. The van der Waals surface area contributed by atoms with Gasteiger partial charge in [-0.2, -0.15) is 0 Å². The third kappa shape index (κ3) is 2.37. The number of hydrogen-bond donors (Lipinski definition) is 0. The molecule has 0 unspecified atom stereocenters. The predicted molar refractivity (Wildman–Crippen MR) is 42.0 cm³/mol. The second-order valence-electron chi connectivity index (χ2n) is 3.05. The Morgan fingerprint density at radius 1 is 1.67 bits per heavy atom. The van der Waals surface area contributed by atoms with Crippen molar-refractivity contribution in [3.63, 3.8) is 0 Å². The Morgan fingerprint density at radius 2 is 2.11 bits per heavy atom. The van der Waals surface area contributed by atoms with E-state index >= 15 is 0 Å². The van der Waals surface area contributed by atoms with Crippen LogP contribution in [-0.4, -0.2) is 0 Å². The highest BCUT2D eigenvalue weighted by Crippen LogP contribution is 2.27. The lowest BCUT2D eigenvalue weighted by molar-refractivity contribution is 0.463. The highest BCUT2D eigenvalue weighted by molar-refractivity contribution is 5.08. The van der Waals surface area contributed by atoms with Gasteiger partial charge in [0.05, 0.1) is 0 Å². The Labute approximate surface area is 58.0 Å². The van der Waals surface area contributed by atoms with Crippen LogP contribution in [0.3, 0.4) is 0 Å². The maximum absolute atomic E-state index is 5.16. The Kier molecular flexibility index (Phi) is 2.52. The third-order valence-corrected chi connectivity index (χ3v) is 1.70. The fourth-order valence-electron chi connectivity index (χ4n) is 0.406.